The van der Waals surface area contributed by atoms with Crippen molar-refractivity contribution in [2.45, 2.75) is 31.2 Å². The van der Waals surface area contributed by atoms with Gasteiger partial charge in [0.2, 0.25) is 10.0 Å². The number of methoxy groups -OCH3 is 1. The third-order valence-corrected chi connectivity index (χ3v) is 4.97. The quantitative estimate of drug-likeness (QED) is 0.823. The van der Waals surface area contributed by atoms with Crippen LogP contribution < -0.4 is 15.2 Å². The van der Waals surface area contributed by atoms with Gasteiger partial charge in [0.25, 0.3) is 0 Å². The van der Waals surface area contributed by atoms with Gasteiger partial charge in [-0.25, -0.2) is 13.1 Å². The van der Waals surface area contributed by atoms with E-state index in [0.29, 0.717) is 18.8 Å². The topological polar surface area (TPSA) is 81.4 Å². The van der Waals surface area contributed by atoms with E-state index in [9.17, 15) is 8.42 Å². The Morgan fingerprint density at radius 3 is 2.63 bits per heavy atom. The first-order valence-electron chi connectivity index (χ1n) is 6.27. The lowest BCUT2D eigenvalue weighted by atomic mass is 10.2. The van der Waals surface area contributed by atoms with Gasteiger partial charge >= 0.3 is 0 Å². The highest BCUT2D eigenvalue weighted by molar-refractivity contribution is 7.89. The van der Waals surface area contributed by atoms with Crippen molar-refractivity contribution in [1.82, 2.24) is 4.72 Å². The fourth-order valence-corrected chi connectivity index (χ4v) is 3.21. The summed E-state index contributed by atoms with van der Waals surface area (Å²) in [5.41, 5.74) is 6.43. The summed E-state index contributed by atoms with van der Waals surface area (Å²) in [6.07, 6.45) is 2.13. The Kier molecular flexibility index (Phi) is 3.85. The maximum Gasteiger partial charge on any atom is 0.244 e. The van der Waals surface area contributed by atoms with E-state index in [1.807, 2.05) is 0 Å². The second-order valence-corrected chi connectivity index (χ2v) is 7.06. The maximum atomic E-state index is 12.3. The summed E-state index contributed by atoms with van der Waals surface area (Å²) in [6, 6.07) is 4.96. The normalized spacial score (nSPS) is 17.2. The van der Waals surface area contributed by atoms with Gasteiger partial charge in [0, 0.05) is 13.1 Å². The van der Waals surface area contributed by atoms with Crippen LogP contribution >= 0.6 is 0 Å². The molecule has 106 valence electrons. The molecule has 5 nitrogen and oxygen atoms in total. The van der Waals surface area contributed by atoms with Gasteiger partial charge in [-0.1, -0.05) is 13.0 Å². The zero-order chi connectivity index (χ0) is 14.1. The molecule has 0 amide bonds. The van der Waals surface area contributed by atoms with Crippen LogP contribution in [0, 0.1) is 5.41 Å². The molecule has 3 N–H and O–H groups in total. The molecule has 0 radical (unpaired) electrons. The lowest BCUT2D eigenvalue weighted by molar-refractivity contribution is 0.401. The van der Waals surface area contributed by atoms with Crippen LogP contribution in [0.2, 0.25) is 0 Å². The summed E-state index contributed by atoms with van der Waals surface area (Å²) in [5, 5.41) is 0. The minimum absolute atomic E-state index is 0.117. The summed E-state index contributed by atoms with van der Waals surface area (Å²) in [6.45, 7) is 2.83. The van der Waals surface area contributed by atoms with Gasteiger partial charge in [-0.2, -0.15) is 0 Å². The molecule has 19 heavy (non-hydrogen) atoms. The Labute approximate surface area is 114 Å². The van der Waals surface area contributed by atoms with Crippen LogP contribution in [0.1, 0.15) is 25.3 Å². The van der Waals surface area contributed by atoms with Crippen molar-refractivity contribution in [2.24, 2.45) is 11.1 Å². The van der Waals surface area contributed by atoms with Gasteiger partial charge in [-0.05, 0) is 36.0 Å². The van der Waals surface area contributed by atoms with E-state index in [-0.39, 0.29) is 10.3 Å². The smallest absolute Gasteiger partial charge is 0.244 e. The molecule has 0 atom stereocenters. The first-order valence-corrected chi connectivity index (χ1v) is 7.75. The van der Waals surface area contributed by atoms with Crippen LogP contribution in [0.15, 0.2) is 23.1 Å². The number of hydrogen-bond acceptors (Lipinski definition) is 4. The number of rotatable bonds is 6. The van der Waals surface area contributed by atoms with E-state index in [4.69, 9.17) is 10.5 Å². The summed E-state index contributed by atoms with van der Waals surface area (Å²) in [4.78, 5) is 0.155. The lowest BCUT2D eigenvalue weighted by Gasteiger charge is -2.14. The average Bonchev–Trinajstić information content (AvgIpc) is 3.14. The largest absolute Gasteiger partial charge is 0.495 e. The Bertz CT molecular complexity index is 565. The molecule has 0 bridgehead atoms. The lowest BCUT2D eigenvalue weighted by Crippen LogP contribution is -2.29. The first kappa shape index (κ1) is 14.3. The predicted molar refractivity (Wildman–Crippen MR) is 73.4 cm³/mol. The van der Waals surface area contributed by atoms with E-state index in [2.05, 4.69) is 11.6 Å². The number of sulfonamides is 1. The molecule has 0 saturated heterocycles. The number of benzene rings is 1. The third kappa shape index (κ3) is 3.26. The van der Waals surface area contributed by atoms with Gasteiger partial charge in [0.05, 0.1) is 7.11 Å². The highest BCUT2D eigenvalue weighted by Crippen LogP contribution is 2.44. The zero-order valence-electron chi connectivity index (χ0n) is 11.3. The van der Waals surface area contributed by atoms with Crippen LogP contribution in [-0.2, 0) is 16.6 Å². The zero-order valence-corrected chi connectivity index (χ0v) is 12.1. The van der Waals surface area contributed by atoms with Gasteiger partial charge in [0.15, 0.2) is 0 Å². The van der Waals surface area contributed by atoms with Crippen LogP contribution in [0.3, 0.4) is 0 Å². The molecule has 1 aliphatic rings. The van der Waals surface area contributed by atoms with Crippen molar-refractivity contribution in [3.8, 4) is 5.75 Å². The Morgan fingerprint density at radius 2 is 2.11 bits per heavy atom. The van der Waals surface area contributed by atoms with E-state index in [0.717, 1.165) is 18.4 Å². The number of hydrogen-bond donors (Lipinski definition) is 2. The summed E-state index contributed by atoms with van der Waals surface area (Å²) in [5.74, 6) is 0.339. The van der Waals surface area contributed by atoms with Crippen LogP contribution in [-0.4, -0.2) is 22.1 Å². The third-order valence-electron chi connectivity index (χ3n) is 3.55. The van der Waals surface area contributed by atoms with Crippen LogP contribution in [0.4, 0.5) is 0 Å². The second-order valence-electron chi connectivity index (χ2n) is 5.32. The Balaban J connectivity index is 2.27. The van der Waals surface area contributed by atoms with Gasteiger partial charge in [-0.3, -0.25) is 0 Å². The molecule has 1 aromatic carbocycles. The molecule has 0 spiro atoms. The minimum atomic E-state index is -3.56. The van der Waals surface area contributed by atoms with E-state index < -0.39 is 10.0 Å². The molecule has 2 rings (SSSR count). The van der Waals surface area contributed by atoms with Crippen LogP contribution in [0.25, 0.3) is 0 Å². The molecule has 0 aliphatic heterocycles. The highest BCUT2D eigenvalue weighted by Gasteiger charge is 2.38. The fourth-order valence-electron chi connectivity index (χ4n) is 1.80. The monoisotopic (exact) mass is 284 g/mol. The van der Waals surface area contributed by atoms with E-state index in [1.54, 1.807) is 18.2 Å². The van der Waals surface area contributed by atoms with E-state index in [1.165, 1.54) is 7.11 Å². The molecule has 0 aromatic heterocycles. The summed E-state index contributed by atoms with van der Waals surface area (Å²) in [7, 11) is -2.10. The number of nitrogens with two attached hydrogens (primary N) is 1. The Hall–Kier alpha value is -1.11. The van der Waals surface area contributed by atoms with Crippen molar-refractivity contribution in [3.05, 3.63) is 23.8 Å². The highest BCUT2D eigenvalue weighted by atomic mass is 32.2. The average molecular weight is 284 g/mol. The molecule has 6 heteroatoms. The Morgan fingerprint density at radius 1 is 1.42 bits per heavy atom. The van der Waals surface area contributed by atoms with Crippen molar-refractivity contribution < 1.29 is 13.2 Å². The molecule has 0 heterocycles. The van der Waals surface area contributed by atoms with Crippen molar-refractivity contribution in [2.75, 3.05) is 13.7 Å². The van der Waals surface area contributed by atoms with Gasteiger partial charge in [-0.15, -0.1) is 0 Å². The molecule has 1 aliphatic carbocycles. The summed E-state index contributed by atoms with van der Waals surface area (Å²) < 4.78 is 32.4. The van der Waals surface area contributed by atoms with Crippen molar-refractivity contribution in [3.63, 3.8) is 0 Å². The standard InChI is InChI=1S/C13H20N2O3S/c1-13(5-6-13)9-15-19(16,17)12-7-10(8-14)3-4-11(12)18-2/h3-4,7,15H,5-6,8-9,14H2,1-2H3. The first-order chi connectivity index (χ1) is 8.90. The maximum absolute atomic E-state index is 12.3. The number of nitrogens with one attached hydrogen (secondary N) is 1. The molecule has 1 aromatic rings. The van der Waals surface area contributed by atoms with E-state index >= 15 is 0 Å². The van der Waals surface area contributed by atoms with Crippen molar-refractivity contribution >= 4 is 10.0 Å². The number of ether oxygens (including phenoxy) is 1. The van der Waals surface area contributed by atoms with Gasteiger partial charge < -0.3 is 10.5 Å². The van der Waals surface area contributed by atoms with Crippen LogP contribution in [0.5, 0.6) is 5.75 Å². The fraction of sp³-hybridized carbons (Fsp3) is 0.538. The SMILES string of the molecule is COc1ccc(CN)cc1S(=O)(=O)NCC1(C)CC1. The molecule has 1 saturated carbocycles. The molecule has 0 unspecified atom stereocenters. The minimum Gasteiger partial charge on any atom is -0.495 e. The summed E-state index contributed by atoms with van der Waals surface area (Å²) >= 11 is 0. The second kappa shape index (κ2) is 5.11. The molecular weight excluding hydrogens is 264 g/mol. The molecule has 1 fully saturated rings. The van der Waals surface area contributed by atoms with Gasteiger partial charge in [0.1, 0.15) is 10.6 Å². The predicted octanol–water partition coefficient (Wildman–Crippen LogP) is 1.23. The van der Waals surface area contributed by atoms with Crippen molar-refractivity contribution in [1.29, 1.82) is 0 Å². The molecular formula is C13H20N2O3S.